The maximum atomic E-state index is 12.7. The van der Waals surface area contributed by atoms with Crippen LogP contribution in [0.4, 0.5) is 5.69 Å². The molecule has 2 N–H and O–H groups in total. The molecule has 0 spiro atoms. The molecule has 1 fully saturated rings. The summed E-state index contributed by atoms with van der Waals surface area (Å²) in [7, 11) is 0. The summed E-state index contributed by atoms with van der Waals surface area (Å²) in [5.41, 5.74) is 2.05. The quantitative estimate of drug-likeness (QED) is 0.790. The lowest BCUT2D eigenvalue weighted by Gasteiger charge is -2.27. The molecule has 2 aromatic rings. The lowest BCUT2D eigenvalue weighted by molar-refractivity contribution is -0.128. The van der Waals surface area contributed by atoms with E-state index in [2.05, 4.69) is 30.5 Å². The molecule has 27 heavy (non-hydrogen) atoms. The molecule has 144 valence electrons. The van der Waals surface area contributed by atoms with E-state index in [1.54, 1.807) is 6.26 Å². The van der Waals surface area contributed by atoms with Crippen LogP contribution in [-0.2, 0) is 16.1 Å². The Balaban J connectivity index is 1.48. The van der Waals surface area contributed by atoms with E-state index in [1.165, 1.54) is 0 Å². The van der Waals surface area contributed by atoms with Gasteiger partial charge in [-0.15, -0.1) is 0 Å². The third-order valence-corrected chi connectivity index (χ3v) is 5.33. The monoisotopic (exact) mass is 368 g/mol. The third kappa shape index (κ3) is 5.00. The molecule has 0 unspecified atom stereocenters. The number of amides is 2. The molecule has 0 atom stereocenters. The van der Waals surface area contributed by atoms with E-state index in [0.717, 1.165) is 42.7 Å². The molecule has 1 heterocycles. The molecule has 0 bridgehead atoms. The minimum Gasteiger partial charge on any atom is -0.467 e. The number of furan rings is 1. The maximum absolute atomic E-state index is 12.7. The van der Waals surface area contributed by atoms with Gasteiger partial charge in [0.1, 0.15) is 5.76 Å². The van der Waals surface area contributed by atoms with Crippen LogP contribution in [0.1, 0.15) is 56.8 Å². The van der Waals surface area contributed by atoms with Gasteiger partial charge in [0.15, 0.2) is 0 Å². The summed E-state index contributed by atoms with van der Waals surface area (Å²) < 4.78 is 5.24. The van der Waals surface area contributed by atoms with E-state index < -0.39 is 0 Å². The first kappa shape index (κ1) is 19.2. The minimum atomic E-state index is -0.0284. The van der Waals surface area contributed by atoms with Crippen molar-refractivity contribution < 1.29 is 14.0 Å². The van der Waals surface area contributed by atoms with Crippen molar-refractivity contribution in [2.24, 2.45) is 11.8 Å². The van der Waals surface area contributed by atoms with E-state index in [-0.39, 0.29) is 23.7 Å². The molecule has 2 amide bonds. The first-order valence-corrected chi connectivity index (χ1v) is 9.74. The minimum absolute atomic E-state index is 0.0213. The second-order valence-electron chi connectivity index (χ2n) is 7.58. The summed E-state index contributed by atoms with van der Waals surface area (Å²) in [5, 5.41) is 6.02. The summed E-state index contributed by atoms with van der Waals surface area (Å²) in [6, 6.07) is 11.6. The number of para-hydroxylation sites is 1. The average molecular weight is 368 g/mol. The highest BCUT2D eigenvalue weighted by Gasteiger charge is 2.30. The SMILES string of the molecule is CC(C)c1ccccc1NC(=O)C1CCC(C(=O)NCc2ccco2)CC1. The summed E-state index contributed by atoms with van der Waals surface area (Å²) in [5.74, 6) is 1.18. The average Bonchev–Trinajstić information content (AvgIpc) is 3.20. The van der Waals surface area contributed by atoms with E-state index in [0.29, 0.717) is 12.5 Å². The molecule has 1 aliphatic carbocycles. The van der Waals surface area contributed by atoms with Gasteiger partial charge in [-0.05, 0) is 55.4 Å². The van der Waals surface area contributed by atoms with Gasteiger partial charge in [-0.3, -0.25) is 9.59 Å². The van der Waals surface area contributed by atoms with Gasteiger partial charge < -0.3 is 15.1 Å². The molecule has 1 aromatic heterocycles. The van der Waals surface area contributed by atoms with Crippen molar-refractivity contribution in [1.82, 2.24) is 5.32 Å². The fraction of sp³-hybridized carbons (Fsp3) is 0.455. The molecule has 1 saturated carbocycles. The zero-order valence-electron chi connectivity index (χ0n) is 16.0. The lowest BCUT2D eigenvalue weighted by Crippen LogP contribution is -2.35. The van der Waals surface area contributed by atoms with E-state index in [4.69, 9.17) is 4.42 Å². The van der Waals surface area contributed by atoms with E-state index >= 15 is 0 Å². The molecule has 5 nitrogen and oxygen atoms in total. The number of benzene rings is 1. The Morgan fingerprint density at radius 3 is 2.30 bits per heavy atom. The second-order valence-corrected chi connectivity index (χ2v) is 7.58. The number of hydrogen-bond acceptors (Lipinski definition) is 3. The first-order chi connectivity index (χ1) is 13.0. The van der Waals surface area contributed by atoms with Gasteiger partial charge >= 0.3 is 0 Å². The number of nitrogens with one attached hydrogen (secondary N) is 2. The summed E-state index contributed by atoms with van der Waals surface area (Å²) in [4.78, 5) is 25.0. The fourth-order valence-electron chi connectivity index (χ4n) is 3.70. The largest absolute Gasteiger partial charge is 0.467 e. The van der Waals surface area contributed by atoms with Crippen LogP contribution in [0.3, 0.4) is 0 Å². The molecule has 0 radical (unpaired) electrons. The van der Waals surface area contributed by atoms with Gasteiger partial charge in [-0.2, -0.15) is 0 Å². The van der Waals surface area contributed by atoms with Gasteiger partial charge in [0.2, 0.25) is 11.8 Å². The Hall–Kier alpha value is -2.56. The van der Waals surface area contributed by atoms with Crippen LogP contribution in [0.25, 0.3) is 0 Å². The van der Waals surface area contributed by atoms with Gasteiger partial charge in [0, 0.05) is 17.5 Å². The molecule has 3 rings (SSSR count). The smallest absolute Gasteiger partial charge is 0.227 e. The Labute approximate surface area is 160 Å². The molecule has 0 saturated heterocycles. The Morgan fingerprint density at radius 1 is 1.00 bits per heavy atom. The normalized spacial score (nSPS) is 19.7. The Bertz CT molecular complexity index is 760. The zero-order chi connectivity index (χ0) is 19.2. The second kappa shape index (κ2) is 8.89. The van der Waals surface area contributed by atoms with Crippen molar-refractivity contribution >= 4 is 17.5 Å². The van der Waals surface area contributed by atoms with Crippen molar-refractivity contribution in [3.05, 3.63) is 54.0 Å². The standard InChI is InChI=1S/C22H28N2O3/c1-15(2)19-7-3-4-8-20(19)24-22(26)17-11-9-16(10-12-17)21(25)23-14-18-6-5-13-27-18/h3-8,13,15-17H,9-12,14H2,1-2H3,(H,23,25)(H,24,26). The highest BCUT2D eigenvalue weighted by Crippen LogP contribution is 2.31. The van der Waals surface area contributed by atoms with Gasteiger partial charge in [0.05, 0.1) is 12.8 Å². The number of rotatable bonds is 6. The zero-order valence-corrected chi connectivity index (χ0v) is 16.0. The van der Waals surface area contributed by atoms with Crippen LogP contribution < -0.4 is 10.6 Å². The fourth-order valence-corrected chi connectivity index (χ4v) is 3.70. The van der Waals surface area contributed by atoms with Crippen molar-refractivity contribution in [2.75, 3.05) is 5.32 Å². The maximum Gasteiger partial charge on any atom is 0.227 e. The number of hydrogen-bond donors (Lipinski definition) is 2. The van der Waals surface area contributed by atoms with Crippen LogP contribution >= 0.6 is 0 Å². The molecule has 1 aliphatic rings. The van der Waals surface area contributed by atoms with Crippen molar-refractivity contribution in [2.45, 2.75) is 52.0 Å². The molecule has 5 heteroatoms. The van der Waals surface area contributed by atoms with Crippen molar-refractivity contribution in [3.8, 4) is 0 Å². The summed E-state index contributed by atoms with van der Waals surface area (Å²) in [6.07, 6.45) is 4.58. The van der Waals surface area contributed by atoms with Crippen LogP contribution in [0.5, 0.6) is 0 Å². The number of carbonyl (C=O) groups excluding carboxylic acids is 2. The first-order valence-electron chi connectivity index (χ1n) is 9.74. The van der Waals surface area contributed by atoms with Crippen molar-refractivity contribution in [1.29, 1.82) is 0 Å². The topological polar surface area (TPSA) is 71.3 Å². The summed E-state index contributed by atoms with van der Waals surface area (Å²) >= 11 is 0. The Morgan fingerprint density at radius 2 is 1.67 bits per heavy atom. The molecule has 0 aliphatic heterocycles. The van der Waals surface area contributed by atoms with E-state index in [9.17, 15) is 9.59 Å². The van der Waals surface area contributed by atoms with Gasteiger partial charge in [-0.25, -0.2) is 0 Å². The number of carbonyl (C=O) groups is 2. The van der Waals surface area contributed by atoms with E-state index in [1.807, 2.05) is 30.3 Å². The number of anilines is 1. The van der Waals surface area contributed by atoms with Crippen LogP contribution in [0.15, 0.2) is 47.1 Å². The molecule has 1 aromatic carbocycles. The van der Waals surface area contributed by atoms with Gasteiger partial charge in [-0.1, -0.05) is 32.0 Å². The summed E-state index contributed by atoms with van der Waals surface area (Å²) in [6.45, 7) is 4.66. The molecular formula is C22H28N2O3. The Kier molecular flexibility index (Phi) is 6.32. The van der Waals surface area contributed by atoms with Gasteiger partial charge in [0.25, 0.3) is 0 Å². The highest BCUT2D eigenvalue weighted by molar-refractivity contribution is 5.93. The third-order valence-electron chi connectivity index (χ3n) is 5.33. The van der Waals surface area contributed by atoms with Crippen LogP contribution in [0.2, 0.25) is 0 Å². The predicted molar refractivity (Wildman–Crippen MR) is 105 cm³/mol. The predicted octanol–water partition coefficient (Wildman–Crippen LogP) is 4.46. The highest BCUT2D eigenvalue weighted by atomic mass is 16.3. The lowest BCUT2D eigenvalue weighted by atomic mass is 9.81. The van der Waals surface area contributed by atoms with Crippen LogP contribution in [0, 0.1) is 11.8 Å². The van der Waals surface area contributed by atoms with Crippen molar-refractivity contribution in [3.63, 3.8) is 0 Å². The van der Waals surface area contributed by atoms with Crippen LogP contribution in [-0.4, -0.2) is 11.8 Å². The molecular weight excluding hydrogens is 340 g/mol.